The molecule has 0 fully saturated rings. The Balaban J connectivity index is 2.85. The van der Waals surface area contributed by atoms with Crippen molar-refractivity contribution in [2.75, 3.05) is 13.6 Å². The highest BCUT2D eigenvalue weighted by Crippen LogP contribution is 2.23. The van der Waals surface area contributed by atoms with Crippen molar-refractivity contribution in [2.24, 2.45) is 11.7 Å². The van der Waals surface area contributed by atoms with Gasteiger partial charge in [0.15, 0.2) is 0 Å². The third-order valence-electron chi connectivity index (χ3n) is 3.64. The number of pyridine rings is 1. The Morgan fingerprint density at radius 2 is 2.00 bits per heavy atom. The highest BCUT2D eigenvalue weighted by Gasteiger charge is 2.24. The van der Waals surface area contributed by atoms with Crippen LogP contribution in [-0.4, -0.2) is 29.5 Å². The standard InChI is InChI=1S/C15H27N3/c1-5-12(3)11-18(4)15(13(16)6-2)14-9-7-8-10-17-14/h7-10,12-13,15H,5-6,11,16H2,1-4H3. The van der Waals surface area contributed by atoms with E-state index in [-0.39, 0.29) is 12.1 Å². The summed E-state index contributed by atoms with van der Waals surface area (Å²) in [5, 5.41) is 0. The number of nitrogens with two attached hydrogens (primary N) is 1. The van der Waals surface area contributed by atoms with Crippen LogP contribution in [0.5, 0.6) is 0 Å². The zero-order chi connectivity index (χ0) is 13.5. The summed E-state index contributed by atoms with van der Waals surface area (Å²) in [6.45, 7) is 7.71. The molecule has 1 aromatic heterocycles. The predicted octanol–water partition coefficient (Wildman–Crippen LogP) is 2.84. The molecular formula is C15H27N3. The van der Waals surface area contributed by atoms with Gasteiger partial charge in [-0.3, -0.25) is 9.88 Å². The van der Waals surface area contributed by atoms with Gasteiger partial charge in [0.1, 0.15) is 0 Å². The van der Waals surface area contributed by atoms with Gasteiger partial charge in [0.2, 0.25) is 0 Å². The largest absolute Gasteiger partial charge is 0.326 e. The Morgan fingerprint density at radius 3 is 2.50 bits per heavy atom. The van der Waals surface area contributed by atoms with Crippen molar-refractivity contribution in [3.63, 3.8) is 0 Å². The summed E-state index contributed by atoms with van der Waals surface area (Å²) in [5.41, 5.74) is 7.37. The fourth-order valence-electron chi connectivity index (χ4n) is 2.28. The van der Waals surface area contributed by atoms with Gasteiger partial charge in [-0.1, -0.05) is 33.3 Å². The molecule has 1 aromatic rings. The van der Waals surface area contributed by atoms with Gasteiger partial charge < -0.3 is 5.73 Å². The van der Waals surface area contributed by atoms with Crippen molar-refractivity contribution in [3.8, 4) is 0 Å². The van der Waals surface area contributed by atoms with Crippen molar-refractivity contribution in [2.45, 2.75) is 45.7 Å². The molecule has 0 aromatic carbocycles. The normalized spacial score (nSPS) is 16.6. The van der Waals surface area contributed by atoms with Crippen LogP contribution in [0.15, 0.2) is 24.4 Å². The molecule has 102 valence electrons. The average molecular weight is 249 g/mol. The van der Waals surface area contributed by atoms with Gasteiger partial charge in [-0.2, -0.15) is 0 Å². The molecule has 0 saturated carbocycles. The summed E-state index contributed by atoms with van der Waals surface area (Å²) in [6, 6.07) is 6.41. The zero-order valence-electron chi connectivity index (χ0n) is 12.1. The molecule has 0 radical (unpaired) electrons. The molecule has 3 nitrogen and oxygen atoms in total. The second-order valence-electron chi connectivity index (χ2n) is 5.22. The number of rotatable bonds is 7. The van der Waals surface area contributed by atoms with Crippen LogP contribution in [0.2, 0.25) is 0 Å². The van der Waals surface area contributed by atoms with E-state index in [1.165, 1.54) is 6.42 Å². The van der Waals surface area contributed by atoms with Crippen molar-refractivity contribution in [3.05, 3.63) is 30.1 Å². The predicted molar refractivity (Wildman–Crippen MR) is 77.3 cm³/mol. The summed E-state index contributed by atoms with van der Waals surface area (Å²) in [5.74, 6) is 0.685. The van der Waals surface area contributed by atoms with Crippen LogP contribution in [0.1, 0.15) is 45.3 Å². The highest BCUT2D eigenvalue weighted by atomic mass is 15.2. The molecule has 3 heteroatoms. The summed E-state index contributed by atoms with van der Waals surface area (Å²) >= 11 is 0. The number of likely N-dealkylation sites (N-methyl/N-ethyl adjacent to an activating group) is 1. The summed E-state index contributed by atoms with van der Waals surface area (Å²) in [7, 11) is 2.15. The molecule has 2 N–H and O–H groups in total. The van der Waals surface area contributed by atoms with Crippen molar-refractivity contribution in [1.29, 1.82) is 0 Å². The molecule has 0 bridgehead atoms. The summed E-state index contributed by atoms with van der Waals surface area (Å²) in [4.78, 5) is 6.83. The van der Waals surface area contributed by atoms with Gasteiger partial charge in [-0.25, -0.2) is 0 Å². The van der Waals surface area contributed by atoms with E-state index in [2.05, 4.69) is 43.8 Å². The van der Waals surface area contributed by atoms with Crippen LogP contribution < -0.4 is 5.73 Å². The number of hydrogen-bond donors (Lipinski definition) is 1. The molecule has 0 amide bonds. The van der Waals surface area contributed by atoms with E-state index in [1.807, 2.05) is 18.3 Å². The van der Waals surface area contributed by atoms with E-state index in [1.54, 1.807) is 0 Å². The third-order valence-corrected chi connectivity index (χ3v) is 3.64. The molecule has 0 spiro atoms. The van der Waals surface area contributed by atoms with Gasteiger partial charge in [-0.05, 0) is 31.5 Å². The quantitative estimate of drug-likeness (QED) is 0.808. The zero-order valence-corrected chi connectivity index (χ0v) is 12.1. The van der Waals surface area contributed by atoms with Crippen LogP contribution in [0, 0.1) is 5.92 Å². The molecule has 1 heterocycles. The van der Waals surface area contributed by atoms with Crippen LogP contribution in [0.25, 0.3) is 0 Å². The Bertz CT molecular complexity index is 326. The second-order valence-corrected chi connectivity index (χ2v) is 5.22. The maximum Gasteiger partial charge on any atom is 0.0671 e. The lowest BCUT2D eigenvalue weighted by atomic mass is 9.99. The topological polar surface area (TPSA) is 42.2 Å². The van der Waals surface area contributed by atoms with E-state index in [4.69, 9.17) is 5.73 Å². The van der Waals surface area contributed by atoms with E-state index >= 15 is 0 Å². The first-order valence-electron chi connectivity index (χ1n) is 6.96. The summed E-state index contributed by atoms with van der Waals surface area (Å²) in [6.07, 6.45) is 4.01. The average Bonchev–Trinajstić information content (AvgIpc) is 2.39. The van der Waals surface area contributed by atoms with Crippen LogP contribution in [0.3, 0.4) is 0 Å². The van der Waals surface area contributed by atoms with Crippen LogP contribution in [-0.2, 0) is 0 Å². The Labute approximate surface area is 111 Å². The molecule has 0 aliphatic rings. The first-order chi connectivity index (χ1) is 8.60. The van der Waals surface area contributed by atoms with Gasteiger partial charge in [-0.15, -0.1) is 0 Å². The number of hydrogen-bond acceptors (Lipinski definition) is 3. The minimum atomic E-state index is 0.133. The Kier molecular flexibility index (Phi) is 6.30. The Hall–Kier alpha value is -0.930. The molecule has 0 aliphatic heterocycles. The van der Waals surface area contributed by atoms with Gasteiger partial charge in [0.25, 0.3) is 0 Å². The minimum absolute atomic E-state index is 0.133. The first-order valence-corrected chi connectivity index (χ1v) is 6.96. The fourth-order valence-corrected chi connectivity index (χ4v) is 2.28. The summed E-state index contributed by atoms with van der Waals surface area (Å²) < 4.78 is 0. The lowest BCUT2D eigenvalue weighted by molar-refractivity contribution is 0.179. The van der Waals surface area contributed by atoms with Crippen LogP contribution >= 0.6 is 0 Å². The SMILES string of the molecule is CCC(C)CN(C)C(c1ccccn1)C(N)CC. The fraction of sp³-hybridized carbons (Fsp3) is 0.667. The molecule has 0 aliphatic carbocycles. The van der Waals surface area contributed by atoms with Gasteiger partial charge in [0.05, 0.1) is 11.7 Å². The lowest BCUT2D eigenvalue weighted by Crippen LogP contribution is -2.41. The maximum atomic E-state index is 6.29. The van der Waals surface area contributed by atoms with Gasteiger partial charge in [0, 0.05) is 18.8 Å². The lowest BCUT2D eigenvalue weighted by Gasteiger charge is -2.33. The van der Waals surface area contributed by atoms with Crippen molar-refractivity contribution >= 4 is 0 Å². The monoisotopic (exact) mass is 249 g/mol. The third kappa shape index (κ3) is 4.07. The molecule has 3 atom stereocenters. The smallest absolute Gasteiger partial charge is 0.0671 e. The number of nitrogens with zero attached hydrogens (tertiary/aromatic N) is 2. The molecule has 1 rings (SSSR count). The molecule has 18 heavy (non-hydrogen) atoms. The van der Waals surface area contributed by atoms with Crippen molar-refractivity contribution in [1.82, 2.24) is 9.88 Å². The maximum absolute atomic E-state index is 6.29. The van der Waals surface area contributed by atoms with Crippen LogP contribution in [0.4, 0.5) is 0 Å². The number of aromatic nitrogens is 1. The van der Waals surface area contributed by atoms with E-state index in [9.17, 15) is 0 Å². The second kappa shape index (κ2) is 7.49. The molecule has 0 saturated heterocycles. The van der Waals surface area contributed by atoms with Gasteiger partial charge >= 0.3 is 0 Å². The Morgan fingerprint density at radius 1 is 1.28 bits per heavy atom. The first kappa shape index (κ1) is 15.1. The molecule has 3 unspecified atom stereocenters. The highest BCUT2D eigenvalue weighted by molar-refractivity contribution is 5.11. The molecular weight excluding hydrogens is 222 g/mol. The van der Waals surface area contributed by atoms with E-state index in [0.29, 0.717) is 5.92 Å². The minimum Gasteiger partial charge on any atom is -0.326 e. The van der Waals surface area contributed by atoms with Crippen molar-refractivity contribution < 1.29 is 0 Å². The van der Waals surface area contributed by atoms with E-state index < -0.39 is 0 Å². The van der Waals surface area contributed by atoms with E-state index in [0.717, 1.165) is 18.7 Å².